The topological polar surface area (TPSA) is 148 Å². The van der Waals surface area contributed by atoms with Gasteiger partial charge in [0.05, 0.1) is 17.4 Å². The van der Waals surface area contributed by atoms with Crippen LogP contribution in [-0.2, 0) is 19.1 Å². The fourth-order valence-electron chi connectivity index (χ4n) is 3.07. The molecule has 0 aliphatic carbocycles. The second kappa shape index (κ2) is 9.69. The maximum atomic E-state index is 12.4. The Morgan fingerprint density at radius 3 is 2.53 bits per heavy atom. The molecule has 0 spiro atoms. The van der Waals surface area contributed by atoms with Crippen molar-refractivity contribution in [3.05, 3.63) is 69.8 Å². The molecular formula is C21H20N4O7. The summed E-state index contributed by atoms with van der Waals surface area (Å²) in [6.07, 6.45) is -0.227. The van der Waals surface area contributed by atoms with Crippen LogP contribution < -0.4 is 10.7 Å². The highest BCUT2D eigenvalue weighted by Gasteiger charge is 2.37. The number of nitro benzene ring substituents is 1. The predicted octanol–water partition coefficient (Wildman–Crippen LogP) is 1.58. The number of hydrogen-bond acceptors (Lipinski definition) is 7. The number of carbonyl (C=O) groups is 4. The summed E-state index contributed by atoms with van der Waals surface area (Å²) in [6.45, 7) is 1.20. The van der Waals surface area contributed by atoms with Crippen molar-refractivity contribution in [1.82, 2.24) is 10.4 Å². The van der Waals surface area contributed by atoms with E-state index in [1.54, 1.807) is 12.1 Å². The average Bonchev–Trinajstić information content (AvgIpc) is 3.13. The van der Waals surface area contributed by atoms with Crippen molar-refractivity contribution >= 4 is 35.1 Å². The molecule has 2 N–H and O–H groups in total. The van der Waals surface area contributed by atoms with Crippen LogP contribution in [0.25, 0.3) is 0 Å². The Balaban J connectivity index is 1.52. The first kappa shape index (κ1) is 22.4. The number of nitrogens with one attached hydrogen (secondary N) is 2. The van der Waals surface area contributed by atoms with Crippen molar-refractivity contribution in [2.24, 2.45) is 5.92 Å². The van der Waals surface area contributed by atoms with Crippen LogP contribution in [0.3, 0.4) is 0 Å². The van der Waals surface area contributed by atoms with Crippen molar-refractivity contribution in [1.29, 1.82) is 0 Å². The molecule has 166 valence electrons. The van der Waals surface area contributed by atoms with E-state index in [-0.39, 0.29) is 18.5 Å². The smallest absolute Gasteiger partial charge is 0.311 e. The lowest BCUT2D eigenvalue weighted by Gasteiger charge is -2.17. The minimum atomic E-state index is -0.888. The van der Waals surface area contributed by atoms with Crippen LogP contribution in [0, 0.1) is 23.0 Å². The minimum absolute atomic E-state index is 0.177. The number of esters is 1. The van der Waals surface area contributed by atoms with E-state index >= 15 is 0 Å². The maximum absolute atomic E-state index is 12.4. The van der Waals surface area contributed by atoms with Gasteiger partial charge in [-0.2, -0.15) is 0 Å². The first-order chi connectivity index (χ1) is 15.2. The lowest BCUT2D eigenvalue weighted by atomic mass is 10.1. The van der Waals surface area contributed by atoms with Gasteiger partial charge < -0.3 is 10.1 Å². The quantitative estimate of drug-likeness (QED) is 0.377. The van der Waals surface area contributed by atoms with Crippen LogP contribution >= 0.6 is 0 Å². The highest BCUT2D eigenvalue weighted by molar-refractivity contribution is 5.99. The van der Waals surface area contributed by atoms with Gasteiger partial charge in [-0.1, -0.05) is 29.8 Å². The fourth-order valence-corrected chi connectivity index (χ4v) is 3.07. The molecule has 0 saturated carbocycles. The summed E-state index contributed by atoms with van der Waals surface area (Å²) < 4.78 is 4.99. The molecule has 0 aromatic heterocycles. The average molecular weight is 440 g/mol. The van der Waals surface area contributed by atoms with Crippen LogP contribution in [0.4, 0.5) is 11.4 Å². The van der Waals surface area contributed by atoms with Crippen molar-refractivity contribution in [2.75, 3.05) is 18.5 Å². The van der Waals surface area contributed by atoms with E-state index in [1.807, 2.05) is 19.1 Å². The van der Waals surface area contributed by atoms with Gasteiger partial charge in [0.2, 0.25) is 5.91 Å². The van der Waals surface area contributed by atoms with E-state index in [2.05, 4.69) is 10.7 Å². The minimum Gasteiger partial charge on any atom is -0.455 e. The van der Waals surface area contributed by atoms with Gasteiger partial charge in [-0.25, -0.2) is 0 Å². The first-order valence-electron chi connectivity index (χ1n) is 9.62. The van der Waals surface area contributed by atoms with Crippen molar-refractivity contribution in [3.8, 4) is 0 Å². The number of ether oxygens (including phenoxy) is 1. The molecule has 1 fully saturated rings. The van der Waals surface area contributed by atoms with Crippen LogP contribution in [0.15, 0.2) is 48.5 Å². The summed E-state index contributed by atoms with van der Waals surface area (Å²) in [7, 11) is 0. The van der Waals surface area contributed by atoms with Gasteiger partial charge in [0, 0.05) is 18.2 Å². The number of benzene rings is 2. The maximum Gasteiger partial charge on any atom is 0.311 e. The van der Waals surface area contributed by atoms with E-state index in [0.29, 0.717) is 5.69 Å². The zero-order valence-corrected chi connectivity index (χ0v) is 17.1. The third kappa shape index (κ3) is 5.45. The Bertz CT molecular complexity index is 1070. The van der Waals surface area contributed by atoms with E-state index in [0.717, 1.165) is 10.6 Å². The summed E-state index contributed by atoms with van der Waals surface area (Å²) >= 11 is 0. The van der Waals surface area contributed by atoms with E-state index < -0.39 is 46.8 Å². The lowest BCUT2D eigenvalue weighted by Crippen LogP contribution is -2.43. The van der Waals surface area contributed by atoms with Crippen LogP contribution in [0.5, 0.6) is 0 Å². The molecule has 3 amide bonds. The Morgan fingerprint density at radius 1 is 1.16 bits per heavy atom. The van der Waals surface area contributed by atoms with Crippen molar-refractivity contribution in [2.45, 2.75) is 13.3 Å². The van der Waals surface area contributed by atoms with Gasteiger partial charge in [0.15, 0.2) is 6.61 Å². The first-order valence-corrected chi connectivity index (χ1v) is 9.62. The molecule has 0 radical (unpaired) electrons. The molecule has 1 heterocycles. The van der Waals surface area contributed by atoms with Crippen molar-refractivity contribution in [3.63, 3.8) is 0 Å². The van der Waals surface area contributed by atoms with Gasteiger partial charge >= 0.3 is 5.97 Å². The number of para-hydroxylation sites is 1. The number of carbonyl (C=O) groups excluding carboxylic acids is 4. The van der Waals surface area contributed by atoms with Gasteiger partial charge in [0.1, 0.15) is 5.56 Å². The molecule has 1 aliphatic rings. The zero-order valence-electron chi connectivity index (χ0n) is 17.1. The van der Waals surface area contributed by atoms with Gasteiger partial charge in [0.25, 0.3) is 17.5 Å². The molecule has 11 heteroatoms. The number of hydrazine groups is 1. The number of rotatable bonds is 7. The summed E-state index contributed by atoms with van der Waals surface area (Å²) in [5, 5.41) is 14.6. The monoisotopic (exact) mass is 440 g/mol. The largest absolute Gasteiger partial charge is 0.455 e. The molecule has 1 aliphatic heterocycles. The van der Waals surface area contributed by atoms with E-state index in [9.17, 15) is 29.3 Å². The summed E-state index contributed by atoms with van der Waals surface area (Å²) in [5.74, 6) is -3.59. The highest BCUT2D eigenvalue weighted by Crippen LogP contribution is 2.20. The second-order valence-electron chi connectivity index (χ2n) is 7.14. The Hall–Kier alpha value is -4.28. The predicted molar refractivity (Wildman–Crippen MR) is 111 cm³/mol. The second-order valence-corrected chi connectivity index (χ2v) is 7.14. The fraction of sp³-hybridized carbons (Fsp3) is 0.238. The van der Waals surface area contributed by atoms with Crippen LogP contribution in [0.1, 0.15) is 22.3 Å². The molecule has 2 aromatic carbocycles. The molecule has 11 nitrogen and oxygen atoms in total. The summed E-state index contributed by atoms with van der Waals surface area (Å²) in [4.78, 5) is 59.1. The Morgan fingerprint density at radius 2 is 1.84 bits per heavy atom. The van der Waals surface area contributed by atoms with Gasteiger partial charge in [-0.3, -0.25) is 39.7 Å². The number of nitrogens with zero attached hydrogens (tertiary/aromatic N) is 2. The number of amides is 3. The van der Waals surface area contributed by atoms with Gasteiger partial charge in [-0.05, 0) is 25.1 Å². The SMILES string of the molecule is Cc1ccc(NC(=O)COC(=O)[C@H]2CC(=O)N(NC(=O)c3ccccc3[N+](=O)[O-])C2)cc1. The molecule has 1 atom stereocenters. The molecule has 0 unspecified atom stereocenters. The lowest BCUT2D eigenvalue weighted by molar-refractivity contribution is -0.385. The number of aryl methyl sites for hydroxylation is 1. The van der Waals surface area contributed by atoms with E-state index in [1.165, 1.54) is 24.3 Å². The summed E-state index contributed by atoms with van der Waals surface area (Å²) in [5.41, 5.74) is 3.23. The zero-order chi connectivity index (χ0) is 23.3. The standard InChI is InChI=1S/C21H20N4O7/c1-13-6-8-15(9-7-13)22-18(26)12-32-21(29)14-10-19(27)24(11-14)23-20(28)16-4-2-3-5-17(16)25(30)31/h2-9,14H,10-12H2,1H3,(H,22,26)(H,23,28)/t14-/m0/s1. The summed E-state index contributed by atoms with van der Waals surface area (Å²) in [6, 6.07) is 12.4. The third-order valence-corrected chi connectivity index (χ3v) is 4.72. The molecular weight excluding hydrogens is 420 g/mol. The van der Waals surface area contributed by atoms with Crippen LogP contribution in [-0.4, -0.2) is 46.8 Å². The molecule has 32 heavy (non-hydrogen) atoms. The van der Waals surface area contributed by atoms with Gasteiger partial charge in [-0.15, -0.1) is 0 Å². The number of nitro groups is 1. The number of anilines is 1. The third-order valence-electron chi connectivity index (χ3n) is 4.72. The molecule has 3 rings (SSSR count). The number of hydrogen-bond donors (Lipinski definition) is 2. The Kier molecular flexibility index (Phi) is 6.78. The molecule has 2 aromatic rings. The van der Waals surface area contributed by atoms with E-state index in [4.69, 9.17) is 4.74 Å². The molecule has 0 bridgehead atoms. The molecule has 1 saturated heterocycles. The van der Waals surface area contributed by atoms with Crippen LogP contribution in [0.2, 0.25) is 0 Å². The highest BCUT2D eigenvalue weighted by atomic mass is 16.6. The van der Waals surface area contributed by atoms with Crippen molar-refractivity contribution < 1.29 is 28.8 Å². The normalized spacial score (nSPS) is 15.2. The Labute approximate surface area is 182 Å².